The summed E-state index contributed by atoms with van der Waals surface area (Å²) in [6.45, 7) is 0.181. The van der Waals surface area contributed by atoms with E-state index in [4.69, 9.17) is 0 Å². The number of pyridine rings is 2. The van der Waals surface area contributed by atoms with Gasteiger partial charge in [0.15, 0.2) is 17.3 Å². The predicted molar refractivity (Wildman–Crippen MR) is 132 cm³/mol. The number of aromatic nitrogens is 2. The summed E-state index contributed by atoms with van der Waals surface area (Å²) < 4.78 is 36.4. The zero-order valence-electron chi connectivity index (χ0n) is 21.2. The van der Waals surface area contributed by atoms with Crippen molar-refractivity contribution in [1.29, 1.82) is 0 Å². The first-order chi connectivity index (χ1) is 16.6. The molecule has 0 radical (unpaired) electrons. The van der Waals surface area contributed by atoms with E-state index in [0.29, 0.717) is 30.3 Å². The maximum atomic E-state index is 13.8. The minimum absolute atomic E-state index is 0. The maximum absolute atomic E-state index is 13.8. The summed E-state index contributed by atoms with van der Waals surface area (Å²) in [6.07, 6.45) is 2.79. The summed E-state index contributed by atoms with van der Waals surface area (Å²) in [5.74, 6) is -1.93. The molecule has 4 rings (SSSR count). The Labute approximate surface area is 232 Å². The Morgan fingerprint density at radius 3 is 2.69 bits per heavy atom. The maximum Gasteiger partial charge on any atom is 1.00 e. The number of carbonyl (C=O) groups is 2. The van der Waals surface area contributed by atoms with Gasteiger partial charge in [-0.15, -0.1) is 10.8 Å². The standard InChI is InChI=1S/C23H26FN5O5S.Na.H/c1-28(2)23(32)17-12-15(24)8-7-14(17)13-26-22(31)19-20(30)18-16(6-5-9-25-18)21(27-19)29-10-3-4-11-35(29,33)34;;/h5-9,12,30,33-34H,3-4,10-11,13H2,1-2H3,(H,26,31);;/q;+1;-1. The van der Waals surface area contributed by atoms with Crippen LogP contribution in [0.25, 0.3) is 10.9 Å². The smallest absolute Gasteiger partial charge is 1.00 e. The van der Waals surface area contributed by atoms with Crippen LogP contribution in [0.4, 0.5) is 10.2 Å². The number of anilines is 1. The van der Waals surface area contributed by atoms with Crippen LogP contribution in [0.3, 0.4) is 0 Å². The molecule has 188 valence electrons. The third kappa shape index (κ3) is 5.58. The Kier molecular flexibility index (Phi) is 8.80. The molecule has 2 aromatic heterocycles. The van der Waals surface area contributed by atoms with Gasteiger partial charge in [-0.2, -0.15) is 0 Å². The molecule has 1 saturated heterocycles. The molecule has 10 nitrogen and oxygen atoms in total. The molecule has 36 heavy (non-hydrogen) atoms. The van der Waals surface area contributed by atoms with Crippen LogP contribution in [0, 0.1) is 5.82 Å². The van der Waals surface area contributed by atoms with Crippen molar-refractivity contribution in [3.8, 4) is 5.75 Å². The molecule has 2 amide bonds. The van der Waals surface area contributed by atoms with E-state index in [9.17, 15) is 28.2 Å². The molecule has 0 unspecified atom stereocenters. The number of nitrogens with zero attached hydrogens (tertiary/aromatic N) is 4. The van der Waals surface area contributed by atoms with Crippen molar-refractivity contribution >= 4 is 39.3 Å². The van der Waals surface area contributed by atoms with Gasteiger partial charge in [0.1, 0.15) is 11.3 Å². The zero-order valence-corrected chi connectivity index (χ0v) is 23.0. The van der Waals surface area contributed by atoms with Crippen LogP contribution in [-0.2, 0) is 6.54 Å². The average molecular weight is 528 g/mol. The molecule has 1 aliphatic rings. The third-order valence-electron chi connectivity index (χ3n) is 5.70. The Hall–Kier alpha value is -2.48. The number of aromatic hydroxyl groups is 1. The van der Waals surface area contributed by atoms with Crippen molar-refractivity contribution in [2.45, 2.75) is 19.4 Å². The normalized spacial score (nSPS) is 15.6. The van der Waals surface area contributed by atoms with Gasteiger partial charge in [-0.1, -0.05) is 6.07 Å². The summed E-state index contributed by atoms with van der Waals surface area (Å²) >= 11 is 0. The first kappa shape index (κ1) is 28.1. The van der Waals surface area contributed by atoms with Gasteiger partial charge >= 0.3 is 29.6 Å². The summed E-state index contributed by atoms with van der Waals surface area (Å²) in [5, 5.41) is 13.8. The summed E-state index contributed by atoms with van der Waals surface area (Å²) in [5.41, 5.74) is 0.209. The van der Waals surface area contributed by atoms with Gasteiger partial charge in [0.05, 0.1) is 5.75 Å². The number of rotatable bonds is 5. The minimum atomic E-state index is -3.15. The fraction of sp³-hybridized carbons (Fsp3) is 0.304. The van der Waals surface area contributed by atoms with E-state index in [0.717, 1.165) is 6.07 Å². The summed E-state index contributed by atoms with van der Waals surface area (Å²) in [6, 6.07) is 6.94. The molecule has 0 bridgehead atoms. The second-order valence-corrected chi connectivity index (χ2v) is 10.5. The molecular weight excluding hydrogens is 500 g/mol. The number of nitrogens with one attached hydrogen (secondary N) is 1. The summed E-state index contributed by atoms with van der Waals surface area (Å²) in [4.78, 5) is 35.3. The van der Waals surface area contributed by atoms with Gasteiger partial charge in [-0.3, -0.25) is 28.0 Å². The largest absolute Gasteiger partial charge is 1.00 e. The number of benzene rings is 1. The SMILES string of the molecule is CN(C)C(=O)c1cc(F)ccc1CNC(=O)c1nc(N2CCCCS2(O)O)c2cccnc2c1O.[H-].[Na+]. The number of carbonyl (C=O) groups excluding carboxylic acids is 2. The molecule has 13 heteroatoms. The van der Waals surface area contributed by atoms with E-state index in [1.807, 2.05) is 0 Å². The van der Waals surface area contributed by atoms with E-state index in [2.05, 4.69) is 15.3 Å². The molecule has 4 N–H and O–H groups in total. The first-order valence-corrected chi connectivity index (χ1v) is 12.6. The van der Waals surface area contributed by atoms with Crippen molar-refractivity contribution in [2.24, 2.45) is 0 Å². The van der Waals surface area contributed by atoms with Crippen molar-refractivity contribution in [1.82, 2.24) is 20.2 Å². The molecule has 0 spiro atoms. The molecule has 1 aromatic carbocycles. The van der Waals surface area contributed by atoms with E-state index < -0.39 is 34.2 Å². The summed E-state index contributed by atoms with van der Waals surface area (Å²) in [7, 11) is -0.0863. The average Bonchev–Trinajstić information content (AvgIpc) is 2.83. The van der Waals surface area contributed by atoms with Crippen molar-refractivity contribution in [2.75, 3.05) is 30.7 Å². The first-order valence-electron chi connectivity index (χ1n) is 10.9. The zero-order chi connectivity index (χ0) is 25.3. The second kappa shape index (κ2) is 11.3. The van der Waals surface area contributed by atoms with Crippen LogP contribution in [-0.4, -0.2) is 67.3 Å². The van der Waals surface area contributed by atoms with Crippen LogP contribution in [0.1, 0.15) is 40.7 Å². The monoisotopic (exact) mass is 527 g/mol. The molecule has 0 aliphatic carbocycles. The Balaban J connectivity index is 0.00000241. The number of amides is 2. The van der Waals surface area contributed by atoms with Crippen LogP contribution in [0.2, 0.25) is 0 Å². The quantitative estimate of drug-likeness (QED) is 0.352. The van der Waals surface area contributed by atoms with Gasteiger partial charge in [0, 0.05) is 44.3 Å². The fourth-order valence-corrected chi connectivity index (χ4v) is 5.56. The molecule has 1 aliphatic heterocycles. The van der Waals surface area contributed by atoms with E-state index in [1.165, 1.54) is 41.6 Å². The van der Waals surface area contributed by atoms with Gasteiger partial charge in [-0.05, 0) is 42.7 Å². The second-order valence-electron chi connectivity index (χ2n) is 8.36. The van der Waals surface area contributed by atoms with Crippen LogP contribution in [0.15, 0.2) is 36.5 Å². The Morgan fingerprint density at radius 2 is 2.00 bits per heavy atom. The van der Waals surface area contributed by atoms with Crippen LogP contribution in [0.5, 0.6) is 5.75 Å². The van der Waals surface area contributed by atoms with E-state index >= 15 is 0 Å². The third-order valence-corrected chi connectivity index (χ3v) is 7.59. The number of halogens is 1. The molecule has 0 atom stereocenters. The van der Waals surface area contributed by atoms with Crippen molar-refractivity contribution in [3.05, 3.63) is 59.2 Å². The minimum Gasteiger partial charge on any atom is -1.00 e. The molecule has 0 saturated carbocycles. The van der Waals surface area contributed by atoms with Crippen molar-refractivity contribution < 1.29 is 59.2 Å². The molecule has 3 aromatic rings. The van der Waals surface area contributed by atoms with Gasteiger partial charge in [0.25, 0.3) is 11.8 Å². The predicted octanol–water partition coefficient (Wildman–Crippen LogP) is 0.489. The number of fused-ring (bicyclic) bond motifs is 1. The van der Waals surface area contributed by atoms with Gasteiger partial charge in [-0.25, -0.2) is 9.37 Å². The fourth-order valence-electron chi connectivity index (χ4n) is 3.91. The van der Waals surface area contributed by atoms with Gasteiger partial charge < -0.3 is 16.7 Å². The van der Waals surface area contributed by atoms with Crippen LogP contribution >= 0.6 is 10.8 Å². The van der Waals surface area contributed by atoms with Crippen molar-refractivity contribution in [3.63, 3.8) is 0 Å². The van der Waals surface area contributed by atoms with Crippen LogP contribution < -0.4 is 39.2 Å². The van der Waals surface area contributed by atoms with E-state index in [1.54, 1.807) is 12.1 Å². The number of hydrogen-bond donors (Lipinski definition) is 4. The Morgan fingerprint density at radius 1 is 1.25 bits per heavy atom. The van der Waals surface area contributed by atoms with E-state index in [-0.39, 0.29) is 65.9 Å². The number of hydrogen-bond acceptors (Lipinski definition) is 8. The molecular formula is C23H27FN5NaO5S. The molecule has 3 heterocycles. The van der Waals surface area contributed by atoms with Gasteiger partial charge in [0.2, 0.25) is 0 Å². The topological polar surface area (TPSA) is 139 Å². The molecule has 1 fully saturated rings. The Bertz CT molecular complexity index is 1320.